The molecule has 1 unspecified atom stereocenters. The quantitative estimate of drug-likeness (QED) is 0.705. The SMILES string of the molecule is O=C(c1ccccc1Cl)N1CCCN(C(=O)c2ccccc2OCC2CCCO2)CC1. The van der Waals surface area contributed by atoms with Crippen molar-refractivity contribution >= 4 is 23.4 Å². The number of halogens is 1. The summed E-state index contributed by atoms with van der Waals surface area (Å²) in [7, 11) is 0. The lowest BCUT2D eigenvalue weighted by atomic mass is 10.1. The molecule has 2 saturated heterocycles. The van der Waals surface area contributed by atoms with Gasteiger partial charge in [-0.2, -0.15) is 0 Å². The van der Waals surface area contributed by atoms with E-state index in [1.165, 1.54) is 0 Å². The predicted octanol–water partition coefficient (Wildman–Crippen LogP) is 3.89. The Morgan fingerprint density at radius 1 is 0.903 bits per heavy atom. The van der Waals surface area contributed by atoms with Gasteiger partial charge in [0.1, 0.15) is 12.4 Å². The third-order valence-corrected chi connectivity index (χ3v) is 6.07. The first kappa shape index (κ1) is 21.7. The molecular weight excluding hydrogens is 416 g/mol. The Kier molecular flexibility index (Phi) is 7.10. The van der Waals surface area contributed by atoms with Crippen molar-refractivity contribution in [3.05, 3.63) is 64.7 Å². The molecule has 2 aromatic rings. The van der Waals surface area contributed by atoms with Crippen LogP contribution in [0.5, 0.6) is 5.75 Å². The molecule has 0 radical (unpaired) electrons. The van der Waals surface area contributed by atoms with Crippen LogP contribution in [0.4, 0.5) is 0 Å². The van der Waals surface area contributed by atoms with Gasteiger partial charge in [-0.05, 0) is 43.5 Å². The molecule has 2 amide bonds. The molecule has 0 aromatic heterocycles. The van der Waals surface area contributed by atoms with Crippen molar-refractivity contribution in [2.45, 2.75) is 25.4 Å². The largest absolute Gasteiger partial charge is 0.490 e. The standard InChI is InChI=1S/C24H27ClN2O4/c25-21-10-3-1-8-19(21)23(28)26-12-6-13-27(15-14-26)24(29)20-9-2-4-11-22(20)31-17-18-7-5-16-30-18/h1-4,8-11,18H,5-7,12-17H2. The molecular formula is C24H27ClN2O4. The van der Waals surface area contributed by atoms with Gasteiger partial charge >= 0.3 is 0 Å². The van der Waals surface area contributed by atoms with E-state index in [1.54, 1.807) is 40.1 Å². The van der Waals surface area contributed by atoms with E-state index in [9.17, 15) is 9.59 Å². The zero-order valence-corrected chi connectivity index (χ0v) is 18.2. The van der Waals surface area contributed by atoms with Gasteiger partial charge < -0.3 is 19.3 Å². The van der Waals surface area contributed by atoms with Crippen LogP contribution in [-0.2, 0) is 4.74 Å². The second-order valence-electron chi connectivity index (χ2n) is 7.86. The van der Waals surface area contributed by atoms with Crippen molar-refractivity contribution in [3.63, 3.8) is 0 Å². The second kappa shape index (κ2) is 10.2. The fourth-order valence-electron chi connectivity index (χ4n) is 4.03. The van der Waals surface area contributed by atoms with E-state index in [4.69, 9.17) is 21.1 Å². The molecule has 31 heavy (non-hydrogen) atoms. The highest BCUT2D eigenvalue weighted by atomic mass is 35.5. The maximum Gasteiger partial charge on any atom is 0.257 e. The van der Waals surface area contributed by atoms with E-state index in [0.717, 1.165) is 19.4 Å². The second-order valence-corrected chi connectivity index (χ2v) is 8.27. The topological polar surface area (TPSA) is 59.1 Å². The Bertz CT molecular complexity index is 929. The minimum absolute atomic E-state index is 0.0741. The van der Waals surface area contributed by atoms with Gasteiger partial charge in [-0.3, -0.25) is 9.59 Å². The molecule has 0 bridgehead atoms. The predicted molar refractivity (Wildman–Crippen MR) is 119 cm³/mol. The van der Waals surface area contributed by atoms with Crippen LogP contribution in [0.25, 0.3) is 0 Å². The third-order valence-electron chi connectivity index (χ3n) is 5.74. The minimum atomic E-state index is -0.0970. The molecule has 2 aliphatic rings. The summed E-state index contributed by atoms with van der Waals surface area (Å²) in [5.74, 6) is 0.409. The van der Waals surface area contributed by atoms with Gasteiger partial charge in [0.2, 0.25) is 0 Å². The highest BCUT2D eigenvalue weighted by molar-refractivity contribution is 6.33. The summed E-state index contributed by atoms with van der Waals surface area (Å²) in [5.41, 5.74) is 1.04. The molecule has 7 heteroatoms. The molecule has 0 spiro atoms. The Labute approximate surface area is 187 Å². The number of carbonyl (C=O) groups is 2. The summed E-state index contributed by atoms with van der Waals surface area (Å²) in [4.78, 5) is 29.7. The van der Waals surface area contributed by atoms with Crippen molar-refractivity contribution < 1.29 is 19.1 Å². The summed E-state index contributed by atoms with van der Waals surface area (Å²) in [6.07, 6.45) is 2.83. The van der Waals surface area contributed by atoms with E-state index in [2.05, 4.69) is 0 Å². The normalized spacial score (nSPS) is 19.2. The maximum atomic E-state index is 13.3. The van der Waals surface area contributed by atoms with E-state index in [0.29, 0.717) is 61.1 Å². The molecule has 2 fully saturated rings. The van der Waals surface area contributed by atoms with Gasteiger partial charge in [0.05, 0.1) is 22.3 Å². The van der Waals surface area contributed by atoms with Crippen molar-refractivity contribution in [2.24, 2.45) is 0 Å². The van der Waals surface area contributed by atoms with Gasteiger partial charge in [0.25, 0.3) is 11.8 Å². The minimum Gasteiger partial charge on any atom is -0.490 e. The zero-order chi connectivity index (χ0) is 21.6. The van der Waals surface area contributed by atoms with E-state index < -0.39 is 0 Å². The molecule has 2 aliphatic heterocycles. The van der Waals surface area contributed by atoms with Gasteiger partial charge in [0, 0.05) is 32.8 Å². The molecule has 0 N–H and O–H groups in total. The van der Waals surface area contributed by atoms with Gasteiger partial charge in [-0.25, -0.2) is 0 Å². The number of ether oxygens (including phenoxy) is 2. The van der Waals surface area contributed by atoms with E-state index >= 15 is 0 Å². The first-order valence-corrected chi connectivity index (χ1v) is 11.2. The first-order chi connectivity index (χ1) is 15.1. The lowest BCUT2D eigenvalue weighted by Gasteiger charge is -2.23. The highest BCUT2D eigenvalue weighted by Gasteiger charge is 2.26. The molecule has 2 aromatic carbocycles. The molecule has 6 nitrogen and oxygen atoms in total. The summed E-state index contributed by atoms with van der Waals surface area (Å²) in [6.45, 7) is 3.33. The van der Waals surface area contributed by atoms with Crippen LogP contribution in [0.3, 0.4) is 0 Å². The Balaban J connectivity index is 1.41. The fourth-order valence-corrected chi connectivity index (χ4v) is 4.24. The molecule has 164 valence electrons. The smallest absolute Gasteiger partial charge is 0.257 e. The van der Waals surface area contributed by atoms with Gasteiger partial charge in [-0.15, -0.1) is 0 Å². The van der Waals surface area contributed by atoms with Gasteiger partial charge in [-0.1, -0.05) is 35.9 Å². The van der Waals surface area contributed by atoms with Crippen molar-refractivity contribution in [3.8, 4) is 5.75 Å². The number of para-hydroxylation sites is 1. The number of nitrogens with zero attached hydrogens (tertiary/aromatic N) is 2. The van der Waals surface area contributed by atoms with Crippen molar-refractivity contribution in [2.75, 3.05) is 39.4 Å². The molecule has 4 rings (SSSR count). The number of hydrogen-bond donors (Lipinski definition) is 0. The summed E-state index contributed by atoms with van der Waals surface area (Å²) >= 11 is 6.20. The lowest BCUT2D eigenvalue weighted by molar-refractivity contribution is 0.0649. The summed E-state index contributed by atoms with van der Waals surface area (Å²) in [6, 6.07) is 14.4. The number of rotatable bonds is 5. The van der Waals surface area contributed by atoms with E-state index in [-0.39, 0.29) is 17.9 Å². The van der Waals surface area contributed by atoms with Crippen LogP contribution in [-0.4, -0.2) is 67.1 Å². The Hall–Kier alpha value is -2.57. The van der Waals surface area contributed by atoms with Crippen LogP contribution in [0, 0.1) is 0 Å². The maximum absolute atomic E-state index is 13.3. The molecule has 2 heterocycles. The highest BCUT2D eigenvalue weighted by Crippen LogP contribution is 2.23. The molecule has 0 aliphatic carbocycles. The van der Waals surface area contributed by atoms with Crippen LogP contribution < -0.4 is 4.74 Å². The zero-order valence-electron chi connectivity index (χ0n) is 17.5. The summed E-state index contributed by atoms with van der Waals surface area (Å²) < 4.78 is 11.6. The lowest BCUT2D eigenvalue weighted by Crippen LogP contribution is -2.37. The first-order valence-electron chi connectivity index (χ1n) is 10.8. The van der Waals surface area contributed by atoms with Crippen LogP contribution in [0.2, 0.25) is 5.02 Å². The number of hydrogen-bond acceptors (Lipinski definition) is 4. The van der Waals surface area contributed by atoms with Crippen LogP contribution >= 0.6 is 11.6 Å². The van der Waals surface area contributed by atoms with Crippen LogP contribution in [0.1, 0.15) is 40.0 Å². The van der Waals surface area contributed by atoms with Gasteiger partial charge in [0.15, 0.2) is 0 Å². The van der Waals surface area contributed by atoms with Crippen molar-refractivity contribution in [1.82, 2.24) is 9.80 Å². The fraction of sp³-hybridized carbons (Fsp3) is 0.417. The Morgan fingerprint density at radius 2 is 1.55 bits per heavy atom. The van der Waals surface area contributed by atoms with Crippen molar-refractivity contribution in [1.29, 1.82) is 0 Å². The van der Waals surface area contributed by atoms with Crippen LogP contribution in [0.15, 0.2) is 48.5 Å². The number of benzene rings is 2. The molecule has 1 atom stereocenters. The average Bonchev–Trinajstić information content (AvgIpc) is 3.20. The molecule has 0 saturated carbocycles. The summed E-state index contributed by atoms with van der Waals surface area (Å²) in [5, 5.41) is 0.446. The number of amides is 2. The average molecular weight is 443 g/mol. The monoisotopic (exact) mass is 442 g/mol. The number of carbonyl (C=O) groups excluding carboxylic acids is 2. The van der Waals surface area contributed by atoms with E-state index in [1.807, 2.05) is 18.2 Å². The Morgan fingerprint density at radius 3 is 2.23 bits per heavy atom. The third kappa shape index (κ3) is 5.20.